The third-order valence-corrected chi connectivity index (χ3v) is 2.98. The molecule has 0 bridgehead atoms. The zero-order valence-corrected chi connectivity index (χ0v) is 11.9. The van der Waals surface area contributed by atoms with Gasteiger partial charge in [0, 0.05) is 18.3 Å². The molecule has 2 rings (SSSR count). The molecule has 2 aromatic rings. The number of carboxylic acids is 1. The van der Waals surface area contributed by atoms with Gasteiger partial charge in [0.05, 0.1) is 12.1 Å². The minimum Gasteiger partial charge on any atom is -0.481 e. The van der Waals surface area contributed by atoms with Crippen LogP contribution in [0.4, 0.5) is 5.69 Å². The number of aliphatic carboxylic acids is 1. The third-order valence-electron chi connectivity index (χ3n) is 2.98. The number of hydrogen-bond acceptors (Lipinski definition) is 4. The lowest BCUT2D eigenvalue weighted by molar-refractivity contribution is -0.136. The van der Waals surface area contributed by atoms with Crippen molar-refractivity contribution >= 4 is 17.6 Å². The highest BCUT2D eigenvalue weighted by molar-refractivity contribution is 6.04. The second kappa shape index (κ2) is 6.21. The lowest BCUT2D eigenvalue weighted by atomic mass is 10.2. The van der Waals surface area contributed by atoms with Gasteiger partial charge in [-0.05, 0) is 26.0 Å². The van der Waals surface area contributed by atoms with E-state index >= 15 is 0 Å². The van der Waals surface area contributed by atoms with Crippen molar-refractivity contribution in [2.24, 2.45) is 0 Å². The number of nitrogens with zero attached hydrogens (tertiary/aromatic N) is 2. The van der Waals surface area contributed by atoms with E-state index in [-0.39, 0.29) is 18.7 Å². The number of aromatic nitrogens is 1. The van der Waals surface area contributed by atoms with Gasteiger partial charge in [0.1, 0.15) is 0 Å². The van der Waals surface area contributed by atoms with Crippen LogP contribution in [0.25, 0.3) is 0 Å². The number of carbonyl (C=O) groups is 2. The highest BCUT2D eigenvalue weighted by atomic mass is 16.5. The Morgan fingerprint density at radius 2 is 1.90 bits per heavy atom. The number of aryl methyl sites for hydroxylation is 2. The van der Waals surface area contributed by atoms with E-state index in [1.54, 1.807) is 19.1 Å². The normalized spacial score (nSPS) is 10.4. The summed E-state index contributed by atoms with van der Waals surface area (Å²) in [4.78, 5) is 24.6. The maximum absolute atomic E-state index is 12.5. The molecule has 0 aliphatic heterocycles. The maximum Gasteiger partial charge on any atom is 0.305 e. The zero-order valence-electron chi connectivity index (χ0n) is 11.9. The van der Waals surface area contributed by atoms with E-state index in [0.29, 0.717) is 11.4 Å². The Morgan fingerprint density at radius 3 is 2.43 bits per heavy atom. The van der Waals surface area contributed by atoms with Gasteiger partial charge in [-0.25, -0.2) is 0 Å². The Hall–Kier alpha value is -2.63. The van der Waals surface area contributed by atoms with Crippen molar-refractivity contribution in [2.75, 3.05) is 11.4 Å². The quantitative estimate of drug-likeness (QED) is 0.913. The molecule has 0 radical (unpaired) electrons. The molecule has 0 aliphatic carbocycles. The van der Waals surface area contributed by atoms with Gasteiger partial charge >= 0.3 is 5.97 Å². The summed E-state index contributed by atoms with van der Waals surface area (Å²) >= 11 is 0. The van der Waals surface area contributed by atoms with Crippen molar-refractivity contribution in [1.29, 1.82) is 0 Å². The molecule has 0 fully saturated rings. The second-order valence-corrected chi connectivity index (χ2v) is 4.77. The predicted molar refractivity (Wildman–Crippen MR) is 76.3 cm³/mol. The topological polar surface area (TPSA) is 83.6 Å². The first kappa shape index (κ1) is 14.8. The number of hydrogen-bond donors (Lipinski definition) is 1. The van der Waals surface area contributed by atoms with Crippen LogP contribution in [0.5, 0.6) is 0 Å². The Morgan fingerprint density at radius 1 is 1.24 bits per heavy atom. The molecular weight excluding hydrogens is 272 g/mol. The van der Waals surface area contributed by atoms with Gasteiger partial charge in [0.25, 0.3) is 5.91 Å². The summed E-state index contributed by atoms with van der Waals surface area (Å²) in [6.07, 6.45) is -0.146. The van der Waals surface area contributed by atoms with Crippen LogP contribution in [0.15, 0.2) is 34.9 Å². The van der Waals surface area contributed by atoms with Gasteiger partial charge in [-0.1, -0.05) is 22.9 Å². The highest BCUT2D eigenvalue weighted by Gasteiger charge is 2.22. The lowest BCUT2D eigenvalue weighted by Crippen LogP contribution is -2.32. The smallest absolute Gasteiger partial charge is 0.305 e. The molecule has 1 aromatic carbocycles. The van der Waals surface area contributed by atoms with Crippen LogP contribution in [-0.4, -0.2) is 28.7 Å². The summed E-state index contributed by atoms with van der Waals surface area (Å²) in [6, 6.07) is 8.81. The standard InChI is InChI=1S/C15H16N2O4/c1-10-3-5-12(6-4-10)17(8-7-14(18)19)15(20)13-9-11(2)16-21-13/h3-6,9H,7-8H2,1-2H3,(H,18,19). The van der Waals surface area contributed by atoms with Crippen molar-refractivity contribution in [2.45, 2.75) is 20.3 Å². The number of carboxylic acid groups (broad SMARTS) is 1. The Bertz CT molecular complexity index is 646. The van der Waals surface area contributed by atoms with E-state index in [4.69, 9.17) is 9.63 Å². The van der Waals surface area contributed by atoms with Crippen molar-refractivity contribution in [3.8, 4) is 0 Å². The van der Waals surface area contributed by atoms with Crippen molar-refractivity contribution in [3.63, 3.8) is 0 Å². The molecule has 1 heterocycles. The monoisotopic (exact) mass is 288 g/mol. The van der Waals surface area contributed by atoms with Gasteiger partial charge < -0.3 is 14.5 Å². The van der Waals surface area contributed by atoms with Crippen molar-refractivity contribution < 1.29 is 19.2 Å². The van der Waals surface area contributed by atoms with Crippen molar-refractivity contribution in [3.05, 3.63) is 47.3 Å². The second-order valence-electron chi connectivity index (χ2n) is 4.77. The molecule has 6 nitrogen and oxygen atoms in total. The summed E-state index contributed by atoms with van der Waals surface area (Å²) in [6.45, 7) is 3.72. The SMILES string of the molecule is Cc1ccc(N(CCC(=O)O)C(=O)c2cc(C)no2)cc1. The molecule has 110 valence electrons. The molecule has 1 N–H and O–H groups in total. The predicted octanol–water partition coefficient (Wildman–Crippen LogP) is 2.41. The Balaban J connectivity index is 2.28. The molecule has 21 heavy (non-hydrogen) atoms. The average molecular weight is 288 g/mol. The fourth-order valence-corrected chi connectivity index (χ4v) is 1.88. The van der Waals surface area contributed by atoms with Gasteiger partial charge in [-0.15, -0.1) is 0 Å². The number of carbonyl (C=O) groups excluding carboxylic acids is 1. The number of benzene rings is 1. The van der Waals surface area contributed by atoms with Crippen LogP contribution in [0.1, 0.15) is 28.2 Å². The van der Waals surface area contributed by atoms with Crippen molar-refractivity contribution in [1.82, 2.24) is 5.16 Å². The maximum atomic E-state index is 12.5. The zero-order chi connectivity index (χ0) is 15.4. The van der Waals surface area contributed by atoms with Crippen LogP contribution in [0.3, 0.4) is 0 Å². The number of amides is 1. The first-order valence-electron chi connectivity index (χ1n) is 6.51. The number of anilines is 1. The van der Waals surface area contributed by atoms with Gasteiger partial charge in [0.15, 0.2) is 0 Å². The van der Waals surface area contributed by atoms with Crippen LogP contribution in [0, 0.1) is 13.8 Å². The summed E-state index contributed by atoms with van der Waals surface area (Å²) in [7, 11) is 0. The molecular formula is C15H16N2O4. The van der Waals surface area contributed by atoms with E-state index in [1.807, 2.05) is 19.1 Å². The van der Waals surface area contributed by atoms with Gasteiger partial charge in [-0.2, -0.15) is 0 Å². The Labute approximate surface area is 122 Å². The van der Waals surface area contributed by atoms with Gasteiger partial charge in [-0.3, -0.25) is 9.59 Å². The summed E-state index contributed by atoms with van der Waals surface area (Å²) < 4.78 is 4.97. The summed E-state index contributed by atoms with van der Waals surface area (Å²) in [5.74, 6) is -1.27. The molecule has 0 atom stereocenters. The molecule has 0 aliphatic rings. The number of rotatable bonds is 5. The molecule has 6 heteroatoms. The first-order chi connectivity index (χ1) is 9.97. The van der Waals surface area contributed by atoms with E-state index in [2.05, 4.69) is 5.16 Å². The molecule has 0 saturated carbocycles. The first-order valence-corrected chi connectivity index (χ1v) is 6.51. The minimum absolute atomic E-state index is 0.0664. The van der Waals surface area contributed by atoms with Crippen LogP contribution >= 0.6 is 0 Å². The van der Waals surface area contributed by atoms with E-state index in [1.165, 1.54) is 11.0 Å². The van der Waals surface area contributed by atoms with Crippen LogP contribution in [0.2, 0.25) is 0 Å². The van der Waals surface area contributed by atoms with Crippen LogP contribution in [-0.2, 0) is 4.79 Å². The molecule has 0 saturated heterocycles. The molecule has 0 unspecified atom stereocenters. The molecule has 0 spiro atoms. The average Bonchev–Trinajstić information content (AvgIpc) is 2.87. The lowest BCUT2D eigenvalue weighted by Gasteiger charge is -2.20. The van der Waals surface area contributed by atoms with E-state index < -0.39 is 11.9 Å². The van der Waals surface area contributed by atoms with E-state index in [0.717, 1.165) is 5.56 Å². The summed E-state index contributed by atoms with van der Waals surface area (Å²) in [5.41, 5.74) is 2.28. The molecule has 1 aromatic heterocycles. The van der Waals surface area contributed by atoms with Gasteiger partial charge in [0.2, 0.25) is 5.76 Å². The largest absolute Gasteiger partial charge is 0.481 e. The van der Waals surface area contributed by atoms with Crippen LogP contribution < -0.4 is 4.90 Å². The Kier molecular flexibility index (Phi) is 4.37. The fourth-order valence-electron chi connectivity index (χ4n) is 1.88. The van der Waals surface area contributed by atoms with E-state index in [9.17, 15) is 9.59 Å². The third kappa shape index (κ3) is 3.68. The minimum atomic E-state index is -0.964. The fraction of sp³-hybridized carbons (Fsp3) is 0.267. The highest BCUT2D eigenvalue weighted by Crippen LogP contribution is 2.19. The molecule has 1 amide bonds. The summed E-state index contributed by atoms with van der Waals surface area (Å²) in [5, 5.41) is 12.5.